The number of aromatic nitrogens is 1. The van der Waals surface area contributed by atoms with Crippen molar-refractivity contribution in [3.63, 3.8) is 0 Å². The molecule has 0 N–H and O–H groups in total. The summed E-state index contributed by atoms with van der Waals surface area (Å²) in [6.07, 6.45) is -1.96. The van der Waals surface area contributed by atoms with Crippen LogP contribution >= 0.6 is 27.5 Å². The molecule has 1 aromatic rings. The van der Waals surface area contributed by atoms with Crippen LogP contribution in [0.4, 0.5) is 13.2 Å². The predicted octanol–water partition coefficient (Wildman–Crippen LogP) is 3.57. The summed E-state index contributed by atoms with van der Waals surface area (Å²) < 4.78 is 36.8. The first-order valence-electron chi connectivity index (χ1n) is 2.81. The van der Waals surface area contributed by atoms with Gasteiger partial charge in [0.15, 0.2) is 5.82 Å². The molecule has 12 heavy (non-hydrogen) atoms. The first-order chi connectivity index (χ1) is 5.54. The fourth-order valence-electron chi connectivity index (χ4n) is 0.645. The maximum Gasteiger partial charge on any atom is 0.269 e. The lowest BCUT2D eigenvalue weighted by Crippen LogP contribution is -1.95. The van der Waals surface area contributed by atoms with E-state index in [4.69, 9.17) is 11.6 Å². The lowest BCUT2D eigenvalue weighted by atomic mass is 10.3. The van der Waals surface area contributed by atoms with Gasteiger partial charge in [0.25, 0.3) is 6.43 Å². The molecule has 1 rings (SSSR count). The maximum absolute atomic E-state index is 12.8. The van der Waals surface area contributed by atoms with Crippen molar-refractivity contribution in [2.45, 2.75) is 6.43 Å². The summed E-state index contributed by atoms with van der Waals surface area (Å²) in [5.41, 5.74) is -0.803. The van der Waals surface area contributed by atoms with E-state index < -0.39 is 22.8 Å². The quantitative estimate of drug-likeness (QED) is 0.703. The Hall–Kier alpha value is -0.290. The molecule has 0 saturated heterocycles. The van der Waals surface area contributed by atoms with Crippen molar-refractivity contribution in [3.05, 3.63) is 27.2 Å². The van der Waals surface area contributed by atoms with Crippen molar-refractivity contribution in [1.82, 2.24) is 4.98 Å². The van der Waals surface area contributed by atoms with Crippen molar-refractivity contribution < 1.29 is 13.2 Å². The highest BCUT2D eigenvalue weighted by atomic mass is 79.9. The molecular weight excluding hydrogens is 258 g/mol. The molecule has 0 fully saturated rings. The number of nitrogens with zero attached hydrogens (tertiary/aromatic N) is 1. The average Bonchev–Trinajstić information content (AvgIpc) is 1.97. The summed E-state index contributed by atoms with van der Waals surface area (Å²) in [4.78, 5) is 3.43. The second kappa shape index (κ2) is 3.62. The summed E-state index contributed by atoms with van der Waals surface area (Å²) in [5.74, 6) is -1.13. The molecule has 0 saturated carbocycles. The van der Waals surface area contributed by atoms with E-state index in [9.17, 15) is 13.2 Å². The Labute approximate surface area is 79.7 Å². The van der Waals surface area contributed by atoms with E-state index in [1.54, 1.807) is 0 Å². The van der Waals surface area contributed by atoms with Crippen LogP contribution in [-0.2, 0) is 0 Å². The molecule has 0 unspecified atom stereocenters. The third kappa shape index (κ3) is 1.72. The van der Waals surface area contributed by atoms with Gasteiger partial charge in [-0.15, -0.1) is 0 Å². The van der Waals surface area contributed by atoms with Gasteiger partial charge >= 0.3 is 0 Å². The largest absolute Gasteiger partial charge is 0.269 e. The monoisotopic (exact) mass is 259 g/mol. The van der Waals surface area contributed by atoms with Crippen LogP contribution in [0.25, 0.3) is 0 Å². The van der Waals surface area contributed by atoms with Crippen LogP contribution in [0.2, 0.25) is 5.02 Å². The zero-order valence-electron chi connectivity index (χ0n) is 5.49. The first-order valence-corrected chi connectivity index (χ1v) is 3.98. The summed E-state index contributed by atoms with van der Waals surface area (Å²) >= 11 is 7.93. The molecule has 1 aromatic heterocycles. The molecule has 1 nitrogen and oxygen atoms in total. The van der Waals surface area contributed by atoms with E-state index >= 15 is 0 Å². The Morgan fingerprint density at radius 1 is 1.50 bits per heavy atom. The molecule has 0 spiro atoms. The molecule has 1 heterocycles. The van der Waals surface area contributed by atoms with Crippen molar-refractivity contribution in [2.75, 3.05) is 0 Å². The molecule has 0 radical (unpaired) electrons. The normalized spacial score (nSPS) is 10.8. The van der Waals surface area contributed by atoms with Crippen LogP contribution in [0.15, 0.2) is 10.8 Å². The zero-order valence-corrected chi connectivity index (χ0v) is 7.83. The summed E-state index contributed by atoms with van der Waals surface area (Å²) in [6.45, 7) is 0. The second-order valence-electron chi connectivity index (χ2n) is 1.93. The first kappa shape index (κ1) is 9.80. The molecular formula is C6H2BrClF3N. The molecule has 0 bridgehead atoms. The molecule has 0 atom stereocenters. The molecule has 0 aliphatic rings. The van der Waals surface area contributed by atoms with Gasteiger partial charge in [0, 0.05) is 6.20 Å². The highest BCUT2D eigenvalue weighted by Gasteiger charge is 2.20. The van der Waals surface area contributed by atoms with E-state index in [2.05, 4.69) is 20.9 Å². The van der Waals surface area contributed by atoms with Crippen LogP contribution in [0.5, 0.6) is 0 Å². The second-order valence-corrected chi connectivity index (χ2v) is 3.08. The van der Waals surface area contributed by atoms with Gasteiger partial charge in [-0.25, -0.2) is 18.2 Å². The van der Waals surface area contributed by atoms with Crippen LogP contribution in [0.3, 0.4) is 0 Å². The van der Waals surface area contributed by atoms with Gasteiger partial charge in [-0.05, 0) is 15.9 Å². The average molecular weight is 260 g/mol. The van der Waals surface area contributed by atoms with E-state index in [1.165, 1.54) is 0 Å². The molecule has 0 aliphatic heterocycles. The maximum atomic E-state index is 12.8. The lowest BCUT2D eigenvalue weighted by molar-refractivity contribution is 0.145. The molecule has 0 aromatic carbocycles. The van der Waals surface area contributed by atoms with Gasteiger partial charge in [-0.3, -0.25) is 0 Å². The van der Waals surface area contributed by atoms with Crippen molar-refractivity contribution in [3.8, 4) is 0 Å². The van der Waals surface area contributed by atoms with Gasteiger partial charge in [-0.2, -0.15) is 0 Å². The smallest absolute Gasteiger partial charge is 0.247 e. The third-order valence-corrected chi connectivity index (χ3v) is 2.07. The minimum absolute atomic E-state index is 0.223. The van der Waals surface area contributed by atoms with E-state index in [0.29, 0.717) is 0 Å². The molecule has 0 aliphatic carbocycles. The SMILES string of the molecule is Fc1c(Cl)cnc(Br)c1C(F)F. The van der Waals surface area contributed by atoms with Gasteiger partial charge in [0.05, 0.1) is 10.6 Å². The minimum Gasteiger partial charge on any atom is -0.247 e. The van der Waals surface area contributed by atoms with Crippen LogP contribution < -0.4 is 0 Å². The predicted molar refractivity (Wildman–Crippen MR) is 41.9 cm³/mol. The Kier molecular flexibility index (Phi) is 2.95. The number of halogens is 5. The topological polar surface area (TPSA) is 12.9 Å². The van der Waals surface area contributed by atoms with E-state index in [0.717, 1.165) is 6.20 Å². The molecule has 66 valence electrons. The zero-order chi connectivity index (χ0) is 9.30. The highest BCUT2D eigenvalue weighted by molar-refractivity contribution is 9.10. The fraction of sp³-hybridized carbons (Fsp3) is 0.167. The van der Waals surface area contributed by atoms with Crippen LogP contribution in [0, 0.1) is 5.82 Å². The van der Waals surface area contributed by atoms with Gasteiger partial charge < -0.3 is 0 Å². The van der Waals surface area contributed by atoms with Gasteiger partial charge in [0.1, 0.15) is 4.60 Å². The standard InChI is InChI=1S/C6H2BrClF3N/c7-5-3(6(10)11)4(9)2(8)1-12-5/h1,6H. The van der Waals surface area contributed by atoms with E-state index in [1.807, 2.05) is 0 Å². The molecule has 6 heteroatoms. The van der Waals surface area contributed by atoms with Crippen molar-refractivity contribution >= 4 is 27.5 Å². The lowest BCUT2D eigenvalue weighted by Gasteiger charge is -2.04. The van der Waals surface area contributed by atoms with Gasteiger partial charge in [0.2, 0.25) is 0 Å². The summed E-state index contributed by atoms with van der Waals surface area (Å²) in [5, 5.41) is -0.409. The summed E-state index contributed by atoms with van der Waals surface area (Å²) in [6, 6.07) is 0. The minimum atomic E-state index is -2.93. The number of hydrogen-bond donors (Lipinski definition) is 0. The number of rotatable bonds is 1. The number of hydrogen-bond acceptors (Lipinski definition) is 1. The van der Waals surface area contributed by atoms with Crippen LogP contribution in [0.1, 0.15) is 12.0 Å². The third-order valence-electron chi connectivity index (χ3n) is 1.18. The summed E-state index contributed by atoms with van der Waals surface area (Å²) in [7, 11) is 0. The fourth-order valence-corrected chi connectivity index (χ4v) is 1.24. The molecule has 0 amide bonds. The van der Waals surface area contributed by atoms with Gasteiger partial charge in [-0.1, -0.05) is 11.6 Å². The Morgan fingerprint density at radius 2 is 2.08 bits per heavy atom. The highest BCUT2D eigenvalue weighted by Crippen LogP contribution is 2.31. The Balaban J connectivity index is 3.33. The van der Waals surface area contributed by atoms with E-state index in [-0.39, 0.29) is 4.60 Å². The van der Waals surface area contributed by atoms with Crippen LogP contribution in [-0.4, -0.2) is 4.98 Å². The number of pyridine rings is 1. The Morgan fingerprint density at radius 3 is 2.50 bits per heavy atom. The van der Waals surface area contributed by atoms with Crippen molar-refractivity contribution in [1.29, 1.82) is 0 Å². The number of alkyl halides is 2. The Bertz CT molecular complexity index is 305. The van der Waals surface area contributed by atoms with Crippen molar-refractivity contribution in [2.24, 2.45) is 0 Å².